The lowest BCUT2D eigenvalue weighted by Crippen LogP contribution is -2.38. The van der Waals surface area contributed by atoms with Crippen molar-refractivity contribution in [2.45, 2.75) is 13.8 Å². The maximum absolute atomic E-state index is 13.3. The first kappa shape index (κ1) is 20.5. The van der Waals surface area contributed by atoms with Crippen LogP contribution in [0.1, 0.15) is 29.8 Å². The van der Waals surface area contributed by atoms with E-state index in [4.69, 9.17) is 10.2 Å². The summed E-state index contributed by atoms with van der Waals surface area (Å²) in [5.74, 6) is -0.102. The number of carbonyl (C=O) groups is 1. The van der Waals surface area contributed by atoms with E-state index in [-0.39, 0.29) is 5.91 Å². The third-order valence-electron chi connectivity index (χ3n) is 4.61. The fourth-order valence-electron chi connectivity index (χ4n) is 2.91. The molecule has 144 valence electrons. The van der Waals surface area contributed by atoms with Gasteiger partial charge in [0.1, 0.15) is 0 Å². The number of hydrogen-bond acceptors (Lipinski definition) is 5. The van der Waals surface area contributed by atoms with E-state index in [0.29, 0.717) is 22.8 Å². The molecule has 0 spiro atoms. The largest absolute Gasteiger partial charge is 0.302 e. The zero-order chi connectivity index (χ0) is 20.1. The molecule has 0 bridgehead atoms. The Labute approximate surface area is 177 Å². The topological polar surface area (TPSA) is 60.2 Å². The molecule has 0 aliphatic rings. The van der Waals surface area contributed by atoms with Crippen molar-refractivity contribution in [2.24, 2.45) is 0 Å². The first-order valence-electron chi connectivity index (χ1n) is 9.16. The molecular weight excluding hydrogens is 436 g/mol. The molecular formula is C21H21BrN4OS. The first-order valence-corrected chi connectivity index (χ1v) is 10.8. The molecule has 0 aliphatic carbocycles. The molecule has 0 aliphatic heterocycles. The Hall–Kier alpha value is -2.27. The molecule has 0 atom stereocenters. The lowest BCUT2D eigenvalue weighted by molar-refractivity contribution is 0.0984. The lowest BCUT2D eigenvalue weighted by Gasteiger charge is -2.24. The Bertz CT molecular complexity index is 1010. The first-order chi connectivity index (χ1) is 13.5. The standard InChI is InChI=1S/C21H21BrN4OS/c1-3-25(4-2)11-12-26(20(27)16-7-5-15(14-23)6-8-16)21-24-18-10-9-17(22)13-19(18)28-21/h5-10,13H,3-4,11-12H2,1-2H3. The predicted octanol–water partition coefficient (Wildman–Crippen LogP) is 4.92. The lowest BCUT2D eigenvalue weighted by atomic mass is 10.1. The van der Waals surface area contributed by atoms with Crippen LogP contribution in [0, 0.1) is 11.3 Å². The van der Waals surface area contributed by atoms with Gasteiger partial charge < -0.3 is 4.90 Å². The maximum atomic E-state index is 13.3. The summed E-state index contributed by atoms with van der Waals surface area (Å²) in [5.41, 5.74) is 1.97. The number of amides is 1. The number of anilines is 1. The number of hydrogen-bond donors (Lipinski definition) is 0. The molecule has 28 heavy (non-hydrogen) atoms. The molecule has 1 amide bonds. The number of nitrogens with zero attached hydrogens (tertiary/aromatic N) is 4. The van der Waals surface area contributed by atoms with Gasteiger partial charge in [-0.25, -0.2) is 4.98 Å². The Morgan fingerprint density at radius 2 is 1.86 bits per heavy atom. The van der Waals surface area contributed by atoms with E-state index < -0.39 is 0 Å². The number of thiazole rings is 1. The SMILES string of the molecule is CCN(CC)CCN(C(=O)c1ccc(C#N)cc1)c1nc2ccc(Br)cc2s1. The van der Waals surface area contributed by atoms with Crippen molar-refractivity contribution in [1.82, 2.24) is 9.88 Å². The highest BCUT2D eigenvalue weighted by molar-refractivity contribution is 9.10. The van der Waals surface area contributed by atoms with E-state index in [1.165, 1.54) is 11.3 Å². The average Bonchev–Trinajstić information content (AvgIpc) is 3.13. The number of rotatable bonds is 7. The maximum Gasteiger partial charge on any atom is 0.260 e. The summed E-state index contributed by atoms with van der Waals surface area (Å²) in [7, 11) is 0. The second-order valence-corrected chi connectivity index (χ2v) is 8.21. The molecule has 2 aromatic carbocycles. The van der Waals surface area contributed by atoms with Crippen molar-refractivity contribution in [1.29, 1.82) is 5.26 Å². The van der Waals surface area contributed by atoms with Crippen molar-refractivity contribution in [3.8, 4) is 6.07 Å². The number of benzene rings is 2. The van der Waals surface area contributed by atoms with Gasteiger partial charge in [-0.15, -0.1) is 0 Å². The summed E-state index contributed by atoms with van der Waals surface area (Å²) < 4.78 is 2.02. The van der Waals surface area contributed by atoms with Crippen molar-refractivity contribution in [3.05, 3.63) is 58.1 Å². The molecule has 0 N–H and O–H groups in total. The van der Waals surface area contributed by atoms with Crippen LogP contribution in [0.25, 0.3) is 10.2 Å². The fraction of sp³-hybridized carbons (Fsp3) is 0.286. The Kier molecular flexibility index (Phi) is 6.79. The summed E-state index contributed by atoms with van der Waals surface area (Å²) in [5, 5.41) is 9.68. The molecule has 0 saturated heterocycles. The monoisotopic (exact) mass is 456 g/mol. The molecule has 1 heterocycles. The molecule has 0 saturated carbocycles. The Balaban J connectivity index is 1.94. The van der Waals surface area contributed by atoms with Gasteiger partial charge in [-0.3, -0.25) is 9.69 Å². The van der Waals surface area contributed by atoms with Crippen LogP contribution in [-0.2, 0) is 0 Å². The van der Waals surface area contributed by atoms with Crippen LogP contribution in [0.2, 0.25) is 0 Å². The second kappa shape index (κ2) is 9.28. The molecule has 0 fully saturated rings. The van der Waals surface area contributed by atoms with Gasteiger partial charge in [-0.2, -0.15) is 5.26 Å². The van der Waals surface area contributed by atoms with Gasteiger partial charge in [-0.05, 0) is 55.6 Å². The van der Waals surface area contributed by atoms with Crippen molar-refractivity contribution in [3.63, 3.8) is 0 Å². The van der Waals surface area contributed by atoms with Crippen molar-refractivity contribution < 1.29 is 4.79 Å². The smallest absolute Gasteiger partial charge is 0.260 e. The summed E-state index contributed by atoms with van der Waals surface area (Å²) in [4.78, 5) is 22.0. The van der Waals surface area contributed by atoms with Crippen molar-refractivity contribution in [2.75, 3.05) is 31.1 Å². The number of aromatic nitrogens is 1. The normalized spacial score (nSPS) is 11.0. The van der Waals surface area contributed by atoms with Crippen LogP contribution in [-0.4, -0.2) is 42.0 Å². The van der Waals surface area contributed by atoms with E-state index in [9.17, 15) is 4.79 Å². The highest BCUT2D eigenvalue weighted by Crippen LogP contribution is 2.31. The molecule has 0 unspecified atom stereocenters. The molecule has 0 radical (unpaired) electrons. The van der Waals surface area contributed by atoms with Gasteiger partial charge in [0.15, 0.2) is 5.13 Å². The van der Waals surface area contributed by atoms with E-state index in [1.807, 2.05) is 18.2 Å². The van der Waals surface area contributed by atoms with Gasteiger partial charge in [0.2, 0.25) is 0 Å². The fourth-order valence-corrected chi connectivity index (χ4v) is 4.45. The van der Waals surface area contributed by atoms with Crippen LogP contribution >= 0.6 is 27.3 Å². The highest BCUT2D eigenvalue weighted by Gasteiger charge is 2.22. The van der Waals surface area contributed by atoms with Crippen LogP contribution < -0.4 is 4.90 Å². The number of carbonyl (C=O) groups excluding carboxylic acids is 1. The van der Waals surface area contributed by atoms with E-state index >= 15 is 0 Å². The second-order valence-electron chi connectivity index (χ2n) is 6.28. The number of fused-ring (bicyclic) bond motifs is 1. The van der Waals surface area contributed by atoms with Crippen molar-refractivity contribution >= 4 is 48.5 Å². The number of nitriles is 1. The minimum Gasteiger partial charge on any atom is -0.302 e. The average molecular weight is 457 g/mol. The Morgan fingerprint density at radius 1 is 1.14 bits per heavy atom. The van der Waals surface area contributed by atoms with E-state index in [0.717, 1.165) is 34.3 Å². The number of halogens is 1. The molecule has 1 aromatic heterocycles. The summed E-state index contributed by atoms with van der Waals surface area (Å²) in [6, 6.07) is 14.8. The van der Waals surface area contributed by atoms with E-state index in [2.05, 4.69) is 40.7 Å². The van der Waals surface area contributed by atoms with E-state index in [1.54, 1.807) is 29.2 Å². The van der Waals surface area contributed by atoms with Gasteiger partial charge in [-0.1, -0.05) is 41.1 Å². The van der Waals surface area contributed by atoms with Gasteiger partial charge in [0.05, 0.1) is 21.8 Å². The van der Waals surface area contributed by atoms with Gasteiger partial charge in [0.25, 0.3) is 5.91 Å². The minimum atomic E-state index is -0.102. The molecule has 5 nitrogen and oxygen atoms in total. The van der Waals surface area contributed by atoms with Crippen LogP contribution in [0.3, 0.4) is 0 Å². The summed E-state index contributed by atoms with van der Waals surface area (Å²) in [6.07, 6.45) is 0. The van der Waals surface area contributed by atoms with Crippen LogP contribution in [0.15, 0.2) is 46.9 Å². The van der Waals surface area contributed by atoms with Gasteiger partial charge >= 0.3 is 0 Å². The highest BCUT2D eigenvalue weighted by atomic mass is 79.9. The zero-order valence-electron chi connectivity index (χ0n) is 15.9. The predicted molar refractivity (Wildman–Crippen MR) is 118 cm³/mol. The van der Waals surface area contributed by atoms with Crippen LogP contribution in [0.5, 0.6) is 0 Å². The van der Waals surface area contributed by atoms with Crippen LogP contribution in [0.4, 0.5) is 5.13 Å². The molecule has 3 rings (SSSR count). The van der Waals surface area contributed by atoms with Gasteiger partial charge in [0, 0.05) is 23.1 Å². The third kappa shape index (κ3) is 4.58. The Morgan fingerprint density at radius 3 is 2.50 bits per heavy atom. The summed E-state index contributed by atoms with van der Waals surface area (Å²) >= 11 is 5.00. The third-order valence-corrected chi connectivity index (χ3v) is 6.14. The zero-order valence-corrected chi connectivity index (χ0v) is 18.3. The quantitative estimate of drug-likeness (QED) is 0.506. The summed E-state index contributed by atoms with van der Waals surface area (Å²) in [6.45, 7) is 7.43. The number of likely N-dealkylation sites (N-methyl/N-ethyl adjacent to an activating group) is 1. The minimum absolute atomic E-state index is 0.102. The molecule has 3 aromatic rings. The molecule has 7 heteroatoms.